The van der Waals surface area contributed by atoms with Crippen LogP contribution in [0.25, 0.3) is 0 Å². The molecule has 2 aromatic rings. The highest BCUT2D eigenvalue weighted by Crippen LogP contribution is 2.26. The number of hydrogen-bond acceptors (Lipinski definition) is 2. The predicted molar refractivity (Wildman–Crippen MR) is 84.7 cm³/mol. The summed E-state index contributed by atoms with van der Waals surface area (Å²) < 4.78 is 5.32. The average Bonchev–Trinajstić information content (AvgIpc) is 2.42. The van der Waals surface area contributed by atoms with Crippen LogP contribution >= 0.6 is 23.2 Å². The molecule has 4 heteroatoms. The monoisotopic (exact) mass is 309 g/mol. The topological polar surface area (TPSA) is 21.3 Å². The number of methoxy groups -OCH3 is 1. The highest BCUT2D eigenvalue weighted by atomic mass is 35.5. The van der Waals surface area contributed by atoms with E-state index in [1.165, 1.54) is 0 Å². The molecule has 0 unspecified atom stereocenters. The molecule has 106 valence electrons. The summed E-state index contributed by atoms with van der Waals surface area (Å²) in [7, 11) is 1.64. The van der Waals surface area contributed by atoms with Crippen molar-refractivity contribution in [1.29, 1.82) is 0 Å². The van der Waals surface area contributed by atoms with Crippen molar-refractivity contribution < 1.29 is 4.74 Å². The molecule has 0 bridgehead atoms. The largest absolute Gasteiger partial charge is 0.496 e. The second-order valence-electron chi connectivity index (χ2n) is 4.62. The fourth-order valence-electron chi connectivity index (χ4n) is 2.02. The number of halogens is 2. The molecule has 0 fully saturated rings. The summed E-state index contributed by atoms with van der Waals surface area (Å²) in [5, 5.41) is 4.83. The van der Waals surface area contributed by atoms with E-state index in [1.54, 1.807) is 7.11 Å². The zero-order valence-corrected chi connectivity index (χ0v) is 13.1. The Morgan fingerprint density at radius 3 is 2.55 bits per heavy atom. The van der Waals surface area contributed by atoms with Gasteiger partial charge in [-0.1, -0.05) is 41.4 Å². The van der Waals surface area contributed by atoms with Crippen molar-refractivity contribution in [2.24, 2.45) is 0 Å². The Kier molecular flexibility index (Phi) is 5.30. The molecule has 0 atom stereocenters. The van der Waals surface area contributed by atoms with Gasteiger partial charge in [0.05, 0.1) is 7.11 Å². The standard InChI is InChI=1S/C16H17Cl2NO/c1-11-6-7-12(15(18)8-11)9-19-10-13-14(17)4-3-5-16(13)20-2/h3-8,19H,9-10H2,1-2H3. The lowest BCUT2D eigenvalue weighted by molar-refractivity contribution is 0.407. The maximum atomic E-state index is 6.21. The minimum absolute atomic E-state index is 0.632. The smallest absolute Gasteiger partial charge is 0.124 e. The normalized spacial score (nSPS) is 10.6. The molecule has 0 aliphatic heterocycles. The van der Waals surface area contributed by atoms with Gasteiger partial charge in [-0.05, 0) is 36.2 Å². The first-order chi connectivity index (χ1) is 9.61. The van der Waals surface area contributed by atoms with E-state index in [0.29, 0.717) is 18.1 Å². The number of hydrogen-bond donors (Lipinski definition) is 1. The molecule has 0 aliphatic carbocycles. The van der Waals surface area contributed by atoms with Crippen molar-refractivity contribution in [1.82, 2.24) is 5.32 Å². The van der Waals surface area contributed by atoms with E-state index in [4.69, 9.17) is 27.9 Å². The zero-order chi connectivity index (χ0) is 14.5. The van der Waals surface area contributed by atoms with Gasteiger partial charge in [0.25, 0.3) is 0 Å². The maximum Gasteiger partial charge on any atom is 0.124 e. The lowest BCUT2D eigenvalue weighted by Gasteiger charge is -2.12. The van der Waals surface area contributed by atoms with Crippen LogP contribution in [-0.4, -0.2) is 7.11 Å². The number of nitrogens with one attached hydrogen (secondary N) is 1. The summed E-state index contributed by atoms with van der Waals surface area (Å²) >= 11 is 12.4. The zero-order valence-electron chi connectivity index (χ0n) is 11.5. The molecule has 2 rings (SSSR count). The molecule has 0 saturated heterocycles. The van der Waals surface area contributed by atoms with Crippen molar-refractivity contribution in [2.45, 2.75) is 20.0 Å². The Morgan fingerprint density at radius 1 is 1.05 bits per heavy atom. The highest BCUT2D eigenvalue weighted by Gasteiger charge is 2.07. The molecule has 0 heterocycles. The molecule has 0 aliphatic rings. The Hall–Kier alpha value is -1.22. The molecule has 2 aromatic carbocycles. The van der Waals surface area contributed by atoms with Crippen molar-refractivity contribution >= 4 is 23.2 Å². The highest BCUT2D eigenvalue weighted by molar-refractivity contribution is 6.31. The lowest BCUT2D eigenvalue weighted by atomic mass is 10.1. The Morgan fingerprint density at radius 2 is 1.85 bits per heavy atom. The molecule has 20 heavy (non-hydrogen) atoms. The van der Waals surface area contributed by atoms with Crippen molar-refractivity contribution in [3.8, 4) is 5.75 Å². The Balaban J connectivity index is 2.03. The molecule has 1 N–H and O–H groups in total. The Bertz CT molecular complexity index is 599. The van der Waals surface area contributed by atoms with E-state index >= 15 is 0 Å². The second-order valence-corrected chi connectivity index (χ2v) is 5.43. The molecule has 0 aromatic heterocycles. The maximum absolute atomic E-state index is 6.21. The number of benzene rings is 2. The van der Waals surface area contributed by atoms with Gasteiger partial charge >= 0.3 is 0 Å². The summed E-state index contributed by atoms with van der Waals surface area (Å²) in [5.41, 5.74) is 3.19. The summed E-state index contributed by atoms with van der Waals surface area (Å²) in [6.07, 6.45) is 0. The van der Waals surface area contributed by atoms with Crippen LogP contribution in [0.4, 0.5) is 0 Å². The quantitative estimate of drug-likeness (QED) is 0.871. The predicted octanol–water partition coefficient (Wildman–Crippen LogP) is 4.60. The number of rotatable bonds is 5. The van der Waals surface area contributed by atoms with Gasteiger partial charge in [0.15, 0.2) is 0 Å². The number of aryl methyl sites for hydroxylation is 1. The number of ether oxygens (including phenoxy) is 1. The van der Waals surface area contributed by atoms with Gasteiger partial charge in [-0.25, -0.2) is 0 Å². The van der Waals surface area contributed by atoms with Crippen LogP contribution in [0.1, 0.15) is 16.7 Å². The molecule has 0 radical (unpaired) electrons. The first kappa shape index (κ1) is 15.2. The van der Waals surface area contributed by atoms with Gasteiger partial charge in [-0.3, -0.25) is 0 Å². The Labute approximate surface area is 129 Å². The molecule has 0 amide bonds. The molecule has 0 saturated carbocycles. The van der Waals surface area contributed by atoms with Crippen LogP contribution in [0.3, 0.4) is 0 Å². The lowest BCUT2D eigenvalue weighted by Crippen LogP contribution is -2.14. The SMILES string of the molecule is COc1cccc(Cl)c1CNCc1ccc(C)cc1Cl. The van der Waals surface area contributed by atoms with Gasteiger partial charge in [-0.15, -0.1) is 0 Å². The minimum atomic E-state index is 0.632. The van der Waals surface area contributed by atoms with Gasteiger partial charge in [-0.2, -0.15) is 0 Å². The summed E-state index contributed by atoms with van der Waals surface area (Å²) in [5.74, 6) is 0.792. The van der Waals surface area contributed by atoms with Crippen LogP contribution in [0, 0.1) is 6.92 Å². The van der Waals surface area contributed by atoms with Gasteiger partial charge in [0.1, 0.15) is 5.75 Å². The van der Waals surface area contributed by atoms with Crippen molar-refractivity contribution in [3.05, 3.63) is 63.1 Å². The summed E-state index contributed by atoms with van der Waals surface area (Å²) in [6.45, 7) is 3.35. The molecular formula is C16H17Cl2NO. The van der Waals surface area contributed by atoms with Gasteiger partial charge in [0, 0.05) is 28.7 Å². The first-order valence-electron chi connectivity index (χ1n) is 6.39. The summed E-state index contributed by atoms with van der Waals surface area (Å²) in [4.78, 5) is 0. The van der Waals surface area contributed by atoms with Crippen LogP contribution in [0.2, 0.25) is 10.0 Å². The third-order valence-electron chi connectivity index (χ3n) is 3.12. The van der Waals surface area contributed by atoms with E-state index in [1.807, 2.05) is 37.3 Å². The third kappa shape index (κ3) is 3.66. The molecule has 0 spiro atoms. The van der Waals surface area contributed by atoms with E-state index in [0.717, 1.165) is 27.5 Å². The van der Waals surface area contributed by atoms with E-state index in [9.17, 15) is 0 Å². The summed E-state index contributed by atoms with van der Waals surface area (Å²) in [6, 6.07) is 11.7. The van der Waals surface area contributed by atoms with Gasteiger partial charge in [0.2, 0.25) is 0 Å². The van der Waals surface area contributed by atoms with E-state index < -0.39 is 0 Å². The van der Waals surface area contributed by atoms with Gasteiger partial charge < -0.3 is 10.1 Å². The first-order valence-corrected chi connectivity index (χ1v) is 7.14. The van der Waals surface area contributed by atoms with Crippen molar-refractivity contribution in [3.63, 3.8) is 0 Å². The molecule has 2 nitrogen and oxygen atoms in total. The second kappa shape index (κ2) is 6.98. The third-order valence-corrected chi connectivity index (χ3v) is 3.83. The fourth-order valence-corrected chi connectivity index (χ4v) is 2.55. The van der Waals surface area contributed by atoms with Crippen LogP contribution in [0.15, 0.2) is 36.4 Å². The van der Waals surface area contributed by atoms with Crippen LogP contribution < -0.4 is 10.1 Å². The van der Waals surface area contributed by atoms with E-state index in [-0.39, 0.29) is 0 Å². The molecular weight excluding hydrogens is 293 g/mol. The fraction of sp³-hybridized carbons (Fsp3) is 0.250. The van der Waals surface area contributed by atoms with Crippen molar-refractivity contribution in [2.75, 3.05) is 7.11 Å². The van der Waals surface area contributed by atoms with Crippen LogP contribution in [-0.2, 0) is 13.1 Å². The average molecular weight is 310 g/mol. The van der Waals surface area contributed by atoms with E-state index in [2.05, 4.69) is 11.4 Å². The minimum Gasteiger partial charge on any atom is -0.496 e. The van der Waals surface area contributed by atoms with Crippen LogP contribution in [0.5, 0.6) is 5.75 Å².